The molecule has 1 saturated carbocycles. The summed E-state index contributed by atoms with van der Waals surface area (Å²) in [5.74, 6) is 4.32. The predicted molar refractivity (Wildman–Crippen MR) is 138 cm³/mol. The fraction of sp³-hybridized carbons (Fsp3) is 0.679. The van der Waals surface area contributed by atoms with E-state index in [-0.39, 0.29) is 11.7 Å². The Balaban J connectivity index is 1.18. The predicted octanol–water partition coefficient (Wildman–Crippen LogP) is 5.59. The first-order valence-corrected chi connectivity index (χ1v) is 13.4. The SMILES string of the molecule is CC(C)c1cccc(OC(C)c2nnc(C3CCC(C4=NOC5(CCN(C)CC5)C4)CC3)n2C)c1. The molecule has 3 aliphatic rings. The maximum absolute atomic E-state index is 6.26. The van der Waals surface area contributed by atoms with E-state index in [1.54, 1.807) is 0 Å². The minimum Gasteiger partial charge on any atom is -0.483 e. The molecule has 1 aromatic heterocycles. The lowest BCUT2D eigenvalue weighted by Crippen LogP contribution is -2.43. The molecule has 190 valence electrons. The van der Waals surface area contributed by atoms with E-state index in [9.17, 15) is 0 Å². The number of aromatic nitrogens is 3. The van der Waals surface area contributed by atoms with Gasteiger partial charge in [-0.05, 0) is 63.3 Å². The summed E-state index contributed by atoms with van der Waals surface area (Å²) in [6.45, 7) is 8.67. The minimum absolute atomic E-state index is 0.0258. The lowest BCUT2D eigenvalue weighted by molar-refractivity contribution is -0.0578. The fourth-order valence-electron chi connectivity index (χ4n) is 6.02. The van der Waals surface area contributed by atoms with Gasteiger partial charge >= 0.3 is 0 Å². The van der Waals surface area contributed by atoms with Crippen LogP contribution in [0.15, 0.2) is 29.4 Å². The van der Waals surface area contributed by atoms with Gasteiger partial charge in [0.1, 0.15) is 17.2 Å². The van der Waals surface area contributed by atoms with Gasteiger partial charge in [0.15, 0.2) is 11.9 Å². The van der Waals surface area contributed by atoms with Gasteiger partial charge in [-0.25, -0.2) is 0 Å². The van der Waals surface area contributed by atoms with E-state index in [2.05, 4.69) is 77.9 Å². The number of nitrogens with zero attached hydrogens (tertiary/aromatic N) is 5. The Bertz CT molecular complexity index is 1050. The topological polar surface area (TPSA) is 64.8 Å². The van der Waals surface area contributed by atoms with E-state index in [4.69, 9.17) is 9.57 Å². The molecule has 0 bridgehead atoms. The van der Waals surface area contributed by atoms with Crippen molar-refractivity contribution in [1.82, 2.24) is 19.7 Å². The fourth-order valence-corrected chi connectivity index (χ4v) is 6.02. The molecule has 0 radical (unpaired) electrons. The Morgan fingerprint density at radius 3 is 2.43 bits per heavy atom. The monoisotopic (exact) mass is 479 g/mol. The number of hydrogen-bond donors (Lipinski definition) is 0. The largest absolute Gasteiger partial charge is 0.483 e. The van der Waals surface area contributed by atoms with Crippen LogP contribution in [0.4, 0.5) is 0 Å². The van der Waals surface area contributed by atoms with Crippen LogP contribution >= 0.6 is 0 Å². The third kappa shape index (κ3) is 5.11. The van der Waals surface area contributed by atoms with Gasteiger partial charge < -0.3 is 19.0 Å². The van der Waals surface area contributed by atoms with E-state index in [1.165, 1.54) is 11.3 Å². The summed E-state index contributed by atoms with van der Waals surface area (Å²) in [7, 11) is 4.28. The Kier molecular flexibility index (Phi) is 6.88. The quantitative estimate of drug-likeness (QED) is 0.540. The summed E-state index contributed by atoms with van der Waals surface area (Å²) >= 11 is 0. The molecule has 7 heteroatoms. The van der Waals surface area contributed by atoms with Gasteiger partial charge in [-0.1, -0.05) is 31.1 Å². The first-order chi connectivity index (χ1) is 16.8. The molecule has 1 saturated heterocycles. The van der Waals surface area contributed by atoms with Crippen LogP contribution in [0.2, 0.25) is 0 Å². The maximum atomic E-state index is 6.26. The highest BCUT2D eigenvalue weighted by atomic mass is 16.7. The average molecular weight is 480 g/mol. The van der Waals surface area contributed by atoms with Crippen molar-refractivity contribution in [3.8, 4) is 5.75 Å². The van der Waals surface area contributed by atoms with Crippen molar-refractivity contribution < 1.29 is 9.57 Å². The number of benzene rings is 1. The number of hydrogen-bond acceptors (Lipinski definition) is 6. The smallest absolute Gasteiger partial charge is 0.173 e. The number of oxime groups is 1. The van der Waals surface area contributed by atoms with Crippen molar-refractivity contribution in [3.05, 3.63) is 41.5 Å². The zero-order chi connectivity index (χ0) is 24.6. The van der Waals surface area contributed by atoms with Crippen LogP contribution in [0.1, 0.15) is 101 Å². The van der Waals surface area contributed by atoms with E-state index in [0.29, 0.717) is 17.8 Å². The summed E-state index contributed by atoms with van der Waals surface area (Å²) in [5.41, 5.74) is 2.56. The minimum atomic E-state index is -0.157. The van der Waals surface area contributed by atoms with Crippen molar-refractivity contribution in [2.24, 2.45) is 18.1 Å². The molecule has 3 heterocycles. The molecule has 1 spiro atoms. The van der Waals surface area contributed by atoms with Crippen LogP contribution in [-0.2, 0) is 11.9 Å². The van der Waals surface area contributed by atoms with Gasteiger partial charge in [-0.15, -0.1) is 10.2 Å². The van der Waals surface area contributed by atoms with E-state index in [0.717, 1.165) is 75.4 Å². The Labute approximate surface area is 209 Å². The normalized spacial score (nSPS) is 25.5. The van der Waals surface area contributed by atoms with Gasteiger partial charge in [-0.3, -0.25) is 0 Å². The first kappa shape index (κ1) is 24.3. The zero-order valence-corrected chi connectivity index (χ0v) is 22.0. The van der Waals surface area contributed by atoms with E-state index < -0.39 is 0 Å². The van der Waals surface area contributed by atoms with Gasteiger partial charge in [-0.2, -0.15) is 0 Å². The third-order valence-electron chi connectivity index (χ3n) is 8.47. The summed E-state index contributed by atoms with van der Waals surface area (Å²) < 4.78 is 8.42. The first-order valence-electron chi connectivity index (χ1n) is 13.4. The molecule has 7 nitrogen and oxygen atoms in total. The Hall–Kier alpha value is -2.41. The van der Waals surface area contributed by atoms with Crippen LogP contribution in [0.3, 0.4) is 0 Å². The molecule has 35 heavy (non-hydrogen) atoms. The van der Waals surface area contributed by atoms with Gasteiger partial charge in [0.25, 0.3) is 0 Å². The summed E-state index contributed by atoms with van der Waals surface area (Å²) in [4.78, 5) is 8.44. The lowest BCUT2D eigenvalue weighted by Gasteiger charge is -2.35. The Morgan fingerprint density at radius 1 is 1.00 bits per heavy atom. The summed E-state index contributed by atoms with van der Waals surface area (Å²) in [6, 6.07) is 8.36. The lowest BCUT2D eigenvalue weighted by atomic mass is 9.76. The van der Waals surface area contributed by atoms with Crippen molar-refractivity contribution >= 4 is 5.71 Å². The van der Waals surface area contributed by atoms with Crippen LogP contribution in [0, 0.1) is 5.92 Å². The Morgan fingerprint density at radius 2 is 1.71 bits per heavy atom. The standard InChI is InChI=1S/C28H41N5O2/c1-19(2)23-7-6-8-24(17-23)34-20(3)26-29-30-27(33(26)5)22-11-9-21(10-12-22)25-18-28(35-31-25)13-15-32(4)16-14-28/h6-8,17,19-22H,9-16,18H2,1-5H3. The highest BCUT2D eigenvalue weighted by Gasteiger charge is 2.43. The van der Waals surface area contributed by atoms with Gasteiger partial charge in [0.2, 0.25) is 0 Å². The average Bonchev–Trinajstić information content (AvgIpc) is 3.45. The van der Waals surface area contributed by atoms with E-state index in [1.807, 2.05) is 6.07 Å². The molecule has 0 N–H and O–H groups in total. The summed E-state index contributed by atoms with van der Waals surface area (Å²) in [6.07, 6.45) is 7.60. The highest BCUT2D eigenvalue weighted by Crippen LogP contribution is 2.42. The zero-order valence-electron chi connectivity index (χ0n) is 22.0. The molecule has 1 aliphatic carbocycles. The van der Waals surface area contributed by atoms with Crippen molar-refractivity contribution in [2.45, 2.75) is 89.3 Å². The highest BCUT2D eigenvalue weighted by molar-refractivity contribution is 5.88. The molecule has 2 aliphatic heterocycles. The molecule has 1 aromatic carbocycles. The molecule has 0 amide bonds. The maximum Gasteiger partial charge on any atom is 0.173 e. The number of likely N-dealkylation sites (tertiary alicyclic amines) is 1. The molecule has 2 fully saturated rings. The summed E-state index contributed by atoms with van der Waals surface area (Å²) in [5, 5.41) is 13.8. The van der Waals surface area contributed by atoms with Crippen molar-refractivity contribution in [1.29, 1.82) is 0 Å². The van der Waals surface area contributed by atoms with Crippen LogP contribution in [0.5, 0.6) is 5.75 Å². The van der Waals surface area contributed by atoms with Crippen LogP contribution in [-0.4, -0.2) is 51.1 Å². The molecular formula is C28H41N5O2. The number of rotatable bonds is 6. The molecule has 1 unspecified atom stereocenters. The van der Waals surface area contributed by atoms with Gasteiger partial charge in [0.05, 0.1) is 5.71 Å². The van der Waals surface area contributed by atoms with Crippen molar-refractivity contribution in [2.75, 3.05) is 20.1 Å². The molecular weight excluding hydrogens is 438 g/mol. The molecule has 2 aromatic rings. The van der Waals surface area contributed by atoms with E-state index >= 15 is 0 Å². The number of ether oxygens (including phenoxy) is 1. The second kappa shape index (κ2) is 9.92. The second-order valence-electron chi connectivity index (χ2n) is 11.3. The second-order valence-corrected chi connectivity index (χ2v) is 11.3. The van der Waals surface area contributed by atoms with Crippen LogP contribution < -0.4 is 4.74 Å². The molecule has 5 rings (SSSR count). The third-order valence-corrected chi connectivity index (χ3v) is 8.47. The van der Waals surface area contributed by atoms with Crippen molar-refractivity contribution in [3.63, 3.8) is 0 Å². The van der Waals surface area contributed by atoms with Gasteiger partial charge in [0, 0.05) is 51.2 Å². The molecule has 1 atom stereocenters. The number of piperidine rings is 1. The van der Waals surface area contributed by atoms with Crippen LogP contribution in [0.25, 0.3) is 0 Å².